The van der Waals surface area contributed by atoms with Crippen molar-refractivity contribution >= 4 is 12.0 Å². The minimum Gasteiger partial charge on any atom is -0.444 e. The second kappa shape index (κ2) is 7.48. The topological polar surface area (TPSA) is 96.1 Å². The van der Waals surface area contributed by atoms with Crippen molar-refractivity contribution in [2.75, 3.05) is 18.4 Å². The molecule has 7 nitrogen and oxygen atoms in total. The van der Waals surface area contributed by atoms with Crippen LogP contribution in [0.15, 0.2) is 4.79 Å². The lowest BCUT2D eigenvalue weighted by Gasteiger charge is -2.19. The Hall–Kier alpha value is -2.05. The van der Waals surface area contributed by atoms with Crippen molar-refractivity contribution < 1.29 is 9.53 Å². The zero-order valence-electron chi connectivity index (χ0n) is 14.1. The average molecular weight is 322 g/mol. The molecule has 1 aliphatic rings. The molecule has 3 N–H and O–H groups in total. The van der Waals surface area contributed by atoms with Crippen LogP contribution in [0.4, 0.5) is 10.7 Å². The van der Waals surface area contributed by atoms with Gasteiger partial charge in [-0.1, -0.05) is 0 Å². The standard InChI is InChI=1S/C16H26N4O3/c1-16(2,3)23-15(22)18-10-6-9-17-14-19-12-8-5-4-7-11(12)13(21)20-14/h4-10H2,1-3H3,(H,18,22)(H2,17,19,20,21). The van der Waals surface area contributed by atoms with Gasteiger partial charge in [0.05, 0.1) is 5.69 Å². The van der Waals surface area contributed by atoms with E-state index in [1.165, 1.54) is 0 Å². The Kier molecular flexibility index (Phi) is 5.63. The molecule has 1 aliphatic carbocycles. The number of nitrogens with one attached hydrogen (secondary N) is 3. The number of hydrogen-bond donors (Lipinski definition) is 3. The summed E-state index contributed by atoms with van der Waals surface area (Å²) < 4.78 is 5.15. The van der Waals surface area contributed by atoms with Gasteiger partial charge in [0, 0.05) is 18.7 Å². The Bertz CT molecular complexity index is 604. The van der Waals surface area contributed by atoms with E-state index in [1.54, 1.807) is 0 Å². The van der Waals surface area contributed by atoms with Crippen molar-refractivity contribution in [3.63, 3.8) is 0 Å². The van der Waals surface area contributed by atoms with Gasteiger partial charge in [0.2, 0.25) is 5.95 Å². The van der Waals surface area contributed by atoms with Crippen molar-refractivity contribution in [1.82, 2.24) is 15.3 Å². The zero-order chi connectivity index (χ0) is 16.9. The molecule has 0 unspecified atom stereocenters. The normalized spacial score (nSPS) is 14.0. The zero-order valence-corrected chi connectivity index (χ0v) is 14.1. The molecule has 0 spiro atoms. The third kappa shape index (κ3) is 5.58. The van der Waals surface area contributed by atoms with Crippen molar-refractivity contribution in [3.8, 4) is 0 Å². The van der Waals surface area contributed by atoms with Crippen LogP contribution >= 0.6 is 0 Å². The molecule has 0 bridgehead atoms. The quantitative estimate of drug-likeness (QED) is 0.720. The molecule has 1 aromatic rings. The van der Waals surface area contributed by atoms with Crippen molar-refractivity contribution in [2.45, 2.75) is 58.5 Å². The van der Waals surface area contributed by atoms with E-state index in [0.29, 0.717) is 25.5 Å². The second-order valence-corrected chi connectivity index (χ2v) is 6.76. The first kappa shape index (κ1) is 17.3. The number of carbonyl (C=O) groups excluding carboxylic acids is 1. The molecular formula is C16H26N4O3. The molecule has 1 amide bonds. The number of amides is 1. The van der Waals surface area contributed by atoms with Gasteiger partial charge >= 0.3 is 6.09 Å². The summed E-state index contributed by atoms with van der Waals surface area (Å²) in [7, 11) is 0. The van der Waals surface area contributed by atoms with E-state index in [9.17, 15) is 9.59 Å². The van der Waals surface area contributed by atoms with Gasteiger partial charge in [-0.05, 0) is 52.9 Å². The maximum atomic E-state index is 12.0. The van der Waals surface area contributed by atoms with Gasteiger partial charge in [-0.3, -0.25) is 9.78 Å². The van der Waals surface area contributed by atoms with Gasteiger partial charge in [-0.15, -0.1) is 0 Å². The summed E-state index contributed by atoms with van der Waals surface area (Å²) in [5.41, 5.74) is 1.21. The molecule has 7 heteroatoms. The fourth-order valence-electron chi connectivity index (χ4n) is 2.49. The summed E-state index contributed by atoms with van der Waals surface area (Å²) >= 11 is 0. The molecule has 1 heterocycles. The van der Waals surface area contributed by atoms with Crippen LogP contribution in [0.2, 0.25) is 0 Å². The summed E-state index contributed by atoms with van der Waals surface area (Å²) in [6.45, 7) is 6.58. The Morgan fingerprint density at radius 1 is 1.26 bits per heavy atom. The largest absolute Gasteiger partial charge is 0.444 e. The van der Waals surface area contributed by atoms with Gasteiger partial charge in [0.15, 0.2) is 0 Å². The molecule has 2 rings (SSSR count). The van der Waals surface area contributed by atoms with Gasteiger partial charge in [-0.2, -0.15) is 0 Å². The molecule has 23 heavy (non-hydrogen) atoms. The summed E-state index contributed by atoms with van der Waals surface area (Å²) in [4.78, 5) is 30.7. The summed E-state index contributed by atoms with van der Waals surface area (Å²) in [6.07, 6.45) is 4.12. The van der Waals surface area contributed by atoms with Crippen LogP contribution in [0.3, 0.4) is 0 Å². The van der Waals surface area contributed by atoms with E-state index in [2.05, 4.69) is 20.6 Å². The number of ether oxygens (including phenoxy) is 1. The maximum Gasteiger partial charge on any atom is 0.407 e. The molecule has 0 atom stereocenters. The number of aromatic nitrogens is 2. The number of nitrogens with zero attached hydrogens (tertiary/aromatic N) is 1. The fraction of sp³-hybridized carbons (Fsp3) is 0.688. The monoisotopic (exact) mass is 322 g/mol. The van der Waals surface area contributed by atoms with E-state index in [-0.39, 0.29) is 5.56 Å². The highest BCUT2D eigenvalue weighted by Crippen LogP contribution is 2.16. The third-order valence-electron chi connectivity index (χ3n) is 3.51. The molecule has 0 radical (unpaired) electrons. The van der Waals surface area contributed by atoms with Gasteiger partial charge in [0.25, 0.3) is 5.56 Å². The van der Waals surface area contributed by atoms with Crippen molar-refractivity contribution in [3.05, 3.63) is 21.6 Å². The van der Waals surface area contributed by atoms with Crippen molar-refractivity contribution in [2.24, 2.45) is 0 Å². The lowest BCUT2D eigenvalue weighted by atomic mass is 9.97. The van der Waals surface area contributed by atoms with Gasteiger partial charge in [-0.25, -0.2) is 9.78 Å². The summed E-state index contributed by atoms with van der Waals surface area (Å²) in [5.74, 6) is 0.507. The van der Waals surface area contributed by atoms with Gasteiger partial charge in [0.1, 0.15) is 5.60 Å². The van der Waals surface area contributed by atoms with Crippen LogP contribution in [-0.4, -0.2) is 34.8 Å². The van der Waals surface area contributed by atoms with E-state index in [4.69, 9.17) is 4.74 Å². The van der Waals surface area contributed by atoms with E-state index < -0.39 is 11.7 Å². The Morgan fingerprint density at radius 3 is 2.74 bits per heavy atom. The minimum absolute atomic E-state index is 0.0379. The highest BCUT2D eigenvalue weighted by atomic mass is 16.6. The minimum atomic E-state index is -0.491. The lowest BCUT2D eigenvalue weighted by Crippen LogP contribution is -2.33. The van der Waals surface area contributed by atoms with E-state index in [1.807, 2.05) is 20.8 Å². The van der Waals surface area contributed by atoms with E-state index >= 15 is 0 Å². The Labute approximate surface area is 136 Å². The number of hydrogen-bond acceptors (Lipinski definition) is 5. The first-order valence-corrected chi connectivity index (χ1v) is 8.18. The number of carbonyl (C=O) groups is 1. The molecule has 0 fully saturated rings. The number of fused-ring (bicyclic) bond motifs is 1. The SMILES string of the molecule is CC(C)(C)OC(=O)NCCCNc1nc2c(c(=O)[nH]1)CCCC2. The Balaban J connectivity index is 1.74. The van der Waals surface area contributed by atoms with E-state index in [0.717, 1.165) is 36.9 Å². The smallest absolute Gasteiger partial charge is 0.407 e. The predicted octanol–water partition coefficient (Wildman–Crippen LogP) is 1.98. The molecule has 0 aliphatic heterocycles. The predicted molar refractivity (Wildman–Crippen MR) is 88.8 cm³/mol. The van der Waals surface area contributed by atoms with Crippen LogP contribution in [-0.2, 0) is 17.6 Å². The molecule has 0 aromatic carbocycles. The highest BCUT2D eigenvalue weighted by molar-refractivity contribution is 5.67. The maximum absolute atomic E-state index is 12.0. The molecule has 128 valence electrons. The number of alkyl carbamates (subject to hydrolysis) is 1. The summed E-state index contributed by atoms with van der Waals surface area (Å²) in [6, 6.07) is 0. The first-order chi connectivity index (χ1) is 10.8. The number of aryl methyl sites for hydroxylation is 1. The highest BCUT2D eigenvalue weighted by Gasteiger charge is 2.16. The van der Waals surface area contributed by atoms with Crippen LogP contribution in [0.1, 0.15) is 51.3 Å². The Morgan fingerprint density at radius 2 is 2.00 bits per heavy atom. The van der Waals surface area contributed by atoms with Gasteiger partial charge < -0.3 is 15.4 Å². The van der Waals surface area contributed by atoms with Crippen molar-refractivity contribution in [1.29, 1.82) is 0 Å². The molecule has 0 saturated heterocycles. The van der Waals surface area contributed by atoms with Crippen LogP contribution < -0.4 is 16.2 Å². The number of rotatable bonds is 5. The number of H-pyrrole nitrogens is 1. The second-order valence-electron chi connectivity index (χ2n) is 6.76. The summed E-state index contributed by atoms with van der Waals surface area (Å²) in [5, 5.41) is 5.79. The van der Waals surface area contributed by atoms with Crippen LogP contribution in [0.5, 0.6) is 0 Å². The molecule has 1 aromatic heterocycles. The van der Waals surface area contributed by atoms with Crippen LogP contribution in [0, 0.1) is 0 Å². The van der Waals surface area contributed by atoms with Crippen LogP contribution in [0.25, 0.3) is 0 Å². The third-order valence-corrected chi connectivity index (χ3v) is 3.51. The molecule has 0 saturated carbocycles. The number of anilines is 1. The molecular weight excluding hydrogens is 296 g/mol. The lowest BCUT2D eigenvalue weighted by molar-refractivity contribution is 0.0528. The fourth-order valence-corrected chi connectivity index (χ4v) is 2.49. The number of aromatic amines is 1. The first-order valence-electron chi connectivity index (χ1n) is 8.18. The average Bonchev–Trinajstić information content (AvgIpc) is 2.45.